The number of ether oxygens (including phenoxy) is 1. The van der Waals surface area contributed by atoms with E-state index < -0.39 is 0 Å². The average molecular weight is 554 g/mol. The highest BCUT2D eigenvalue weighted by molar-refractivity contribution is 5.95. The molecule has 1 amide bonds. The Hall–Kier alpha value is -3.90. The van der Waals surface area contributed by atoms with Gasteiger partial charge in [0, 0.05) is 44.0 Å². The number of hydrogen-bond acceptors (Lipinski definition) is 5. The van der Waals surface area contributed by atoms with Gasteiger partial charge in [-0.1, -0.05) is 67.8 Å². The SMILES string of the molecule is CN(C)CCOC(=O)/C=C/c1cccc(N(Cc2ccc(-c3ccc(N(C)C)cc3)cc2)C(=O)C2CCCCC2)c1. The minimum Gasteiger partial charge on any atom is -0.461 e. The van der Waals surface area contributed by atoms with Gasteiger partial charge in [0.1, 0.15) is 6.61 Å². The number of carbonyl (C=O) groups is 2. The van der Waals surface area contributed by atoms with Gasteiger partial charge in [-0.05, 0) is 79.5 Å². The number of anilines is 2. The number of likely N-dealkylation sites (N-methyl/N-ethyl adjacent to an activating group) is 1. The van der Waals surface area contributed by atoms with E-state index in [1.165, 1.54) is 18.2 Å². The molecular formula is C35H43N3O3. The topological polar surface area (TPSA) is 53.1 Å². The molecule has 1 aliphatic rings. The number of amides is 1. The summed E-state index contributed by atoms with van der Waals surface area (Å²) in [6.45, 7) is 1.52. The minimum atomic E-state index is -0.371. The first-order valence-electron chi connectivity index (χ1n) is 14.6. The fraction of sp³-hybridized carbons (Fsp3) is 0.371. The lowest BCUT2D eigenvalue weighted by atomic mass is 9.88. The Balaban J connectivity index is 1.52. The largest absolute Gasteiger partial charge is 0.461 e. The predicted molar refractivity (Wildman–Crippen MR) is 169 cm³/mol. The van der Waals surface area contributed by atoms with Crippen LogP contribution in [-0.2, 0) is 20.9 Å². The Morgan fingerprint density at radius 1 is 0.829 bits per heavy atom. The average Bonchev–Trinajstić information content (AvgIpc) is 2.99. The maximum absolute atomic E-state index is 13.9. The van der Waals surface area contributed by atoms with Gasteiger partial charge in [0.25, 0.3) is 0 Å². The van der Waals surface area contributed by atoms with E-state index in [-0.39, 0.29) is 17.8 Å². The Morgan fingerprint density at radius 3 is 2.12 bits per heavy atom. The molecule has 0 spiro atoms. The van der Waals surface area contributed by atoms with Crippen LogP contribution < -0.4 is 9.80 Å². The molecular weight excluding hydrogens is 510 g/mol. The lowest BCUT2D eigenvalue weighted by molar-refractivity contribution is -0.137. The zero-order valence-electron chi connectivity index (χ0n) is 24.9. The summed E-state index contributed by atoms with van der Waals surface area (Å²) in [4.78, 5) is 32.0. The third-order valence-corrected chi connectivity index (χ3v) is 7.61. The van der Waals surface area contributed by atoms with E-state index in [9.17, 15) is 9.59 Å². The van der Waals surface area contributed by atoms with Gasteiger partial charge in [-0.25, -0.2) is 4.79 Å². The highest BCUT2D eigenvalue weighted by atomic mass is 16.5. The quantitative estimate of drug-likeness (QED) is 0.197. The van der Waals surface area contributed by atoms with Gasteiger partial charge in [-0.15, -0.1) is 0 Å². The first-order chi connectivity index (χ1) is 19.8. The van der Waals surface area contributed by atoms with Crippen LogP contribution in [0.4, 0.5) is 11.4 Å². The van der Waals surface area contributed by atoms with Crippen LogP contribution in [0.3, 0.4) is 0 Å². The van der Waals surface area contributed by atoms with E-state index in [0.717, 1.165) is 53.6 Å². The lowest BCUT2D eigenvalue weighted by Gasteiger charge is -2.30. The summed E-state index contributed by atoms with van der Waals surface area (Å²) in [6.07, 6.45) is 8.48. The van der Waals surface area contributed by atoms with Crippen LogP contribution in [0.1, 0.15) is 43.2 Å². The minimum absolute atomic E-state index is 0.0455. The van der Waals surface area contributed by atoms with Crippen LogP contribution in [0.25, 0.3) is 17.2 Å². The van der Waals surface area contributed by atoms with Crippen LogP contribution in [0.15, 0.2) is 78.9 Å². The molecule has 0 aromatic heterocycles. The summed E-state index contributed by atoms with van der Waals surface area (Å²) in [6, 6.07) is 24.8. The van der Waals surface area contributed by atoms with Gasteiger partial charge >= 0.3 is 5.97 Å². The number of hydrogen-bond donors (Lipinski definition) is 0. The number of carbonyl (C=O) groups excluding carboxylic acids is 2. The molecule has 0 radical (unpaired) electrons. The van der Waals surface area contributed by atoms with Crippen LogP contribution in [0.5, 0.6) is 0 Å². The van der Waals surface area contributed by atoms with E-state index in [2.05, 4.69) is 53.4 Å². The van der Waals surface area contributed by atoms with Crippen molar-refractivity contribution in [1.82, 2.24) is 4.90 Å². The molecule has 1 saturated carbocycles. The molecule has 3 aromatic carbocycles. The molecule has 0 aliphatic heterocycles. The third kappa shape index (κ3) is 8.79. The van der Waals surface area contributed by atoms with E-state index >= 15 is 0 Å². The zero-order chi connectivity index (χ0) is 29.2. The Labute approximate surface area is 245 Å². The van der Waals surface area contributed by atoms with Crippen molar-refractivity contribution in [2.24, 2.45) is 5.92 Å². The maximum Gasteiger partial charge on any atom is 0.330 e. The summed E-state index contributed by atoms with van der Waals surface area (Å²) in [5.74, 6) is -0.148. The van der Waals surface area contributed by atoms with Gasteiger partial charge in [-0.2, -0.15) is 0 Å². The third-order valence-electron chi connectivity index (χ3n) is 7.61. The molecule has 0 unspecified atom stereocenters. The van der Waals surface area contributed by atoms with E-state index in [1.54, 1.807) is 6.08 Å². The molecule has 0 heterocycles. The molecule has 1 fully saturated rings. The molecule has 0 atom stereocenters. The van der Waals surface area contributed by atoms with Crippen LogP contribution >= 0.6 is 0 Å². The summed E-state index contributed by atoms with van der Waals surface area (Å²) in [5.41, 5.74) is 6.25. The number of rotatable bonds is 11. The molecule has 0 bridgehead atoms. The molecule has 6 nitrogen and oxygen atoms in total. The maximum atomic E-state index is 13.9. The highest BCUT2D eigenvalue weighted by Gasteiger charge is 2.27. The molecule has 3 aromatic rings. The van der Waals surface area contributed by atoms with Crippen LogP contribution in [-0.4, -0.2) is 58.1 Å². The van der Waals surface area contributed by atoms with E-state index in [1.807, 2.05) is 62.3 Å². The molecule has 6 heteroatoms. The van der Waals surface area contributed by atoms with Gasteiger partial charge in [-0.3, -0.25) is 4.79 Å². The number of nitrogens with zero attached hydrogens (tertiary/aromatic N) is 3. The van der Waals surface area contributed by atoms with Crippen LogP contribution in [0.2, 0.25) is 0 Å². The number of benzene rings is 3. The van der Waals surface area contributed by atoms with Crippen molar-refractivity contribution in [3.8, 4) is 11.1 Å². The number of esters is 1. The second-order valence-corrected chi connectivity index (χ2v) is 11.3. The molecule has 0 saturated heterocycles. The van der Waals surface area contributed by atoms with Crippen molar-refractivity contribution in [1.29, 1.82) is 0 Å². The van der Waals surface area contributed by atoms with Crippen molar-refractivity contribution in [2.75, 3.05) is 51.1 Å². The van der Waals surface area contributed by atoms with Gasteiger partial charge in [0.05, 0.1) is 6.54 Å². The van der Waals surface area contributed by atoms with Crippen molar-refractivity contribution >= 4 is 29.3 Å². The second kappa shape index (κ2) is 14.6. The fourth-order valence-electron chi connectivity index (χ4n) is 5.14. The van der Waals surface area contributed by atoms with Gasteiger partial charge in [0.2, 0.25) is 5.91 Å². The van der Waals surface area contributed by atoms with E-state index in [0.29, 0.717) is 19.7 Å². The Bertz CT molecular complexity index is 1310. The second-order valence-electron chi connectivity index (χ2n) is 11.3. The predicted octanol–water partition coefficient (Wildman–Crippen LogP) is 6.65. The molecule has 4 rings (SSSR count). The van der Waals surface area contributed by atoms with Gasteiger partial charge in [0.15, 0.2) is 0 Å². The summed E-state index contributed by atoms with van der Waals surface area (Å²) in [7, 11) is 7.96. The van der Waals surface area contributed by atoms with Gasteiger partial charge < -0.3 is 19.4 Å². The Kier molecular flexibility index (Phi) is 10.7. The Morgan fingerprint density at radius 2 is 1.49 bits per heavy atom. The standard InChI is InChI=1S/C35H43N3O3/c1-36(2)23-24-41-34(39)22-15-27-9-8-12-33(25-27)38(35(40)31-10-6-5-7-11-31)26-28-13-16-29(17-14-28)30-18-20-32(21-19-30)37(3)4/h8-9,12-22,25,31H,5-7,10-11,23-24,26H2,1-4H3/b22-15+. The fourth-order valence-corrected chi connectivity index (χ4v) is 5.14. The molecule has 216 valence electrons. The zero-order valence-corrected chi connectivity index (χ0v) is 24.9. The summed E-state index contributed by atoms with van der Waals surface area (Å²) < 4.78 is 5.27. The van der Waals surface area contributed by atoms with Crippen molar-refractivity contribution in [2.45, 2.75) is 38.6 Å². The van der Waals surface area contributed by atoms with Crippen molar-refractivity contribution < 1.29 is 14.3 Å². The first kappa shape index (κ1) is 30.1. The molecule has 41 heavy (non-hydrogen) atoms. The lowest BCUT2D eigenvalue weighted by Crippen LogP contribution is -2.36. The van der Waals surface area contributed by atoms with Crippen molar-refractivity contribution in [3.05, 3.63) is 90.0 Å². The monoisotopic (exact) mass is 553 g/mol. The molecule has 1 aliphatic carbocycles. The molecule has 0 N–H and O–H groups in total. The van der Waals surface area contributed by atoms with Crippen molar-refractivity contribution in [3.63, 3.8) is 0 Å². The summed E-state index contributed by atoms with van der Waals surface area (Å²) in [5, 5.41) is 0. The highest BCUT2D eigenvalue weighted by Crippen LogP contribution is 2.30. The van der Waals surface area contributed by atoms with Crippen LogP contribution in [0, 0.1) is 5.92 Å². The first-order valence-corrected chi connectivity index (χ1v) is 14.6. The van der Waals surface area contributed by atoms with E-state index in [4.69, 9.17) is 4.74 Å². The summed E-state index contributed by atoms with van der Waals surface area (Å²) >= 11 is 0. The smallest absolute Gasteiger partial charge is 0.330 e. The normalized spacial score (nSPS) is 13.9.